The van der Waals surface area contributed by atoms with Gasteiger partial charge in [-0.05, 0) is 24.5 Å². The molecule has 0 saturated heterocycles. The second-order valence-electron chi connectivity index (χ2n) is 4.93. The van der Waals surface area contributed by atoms with Crippen molar-refractivity contribution in [1.29, 1.82) is 0 Å². The quantitative estimate of drug-likeness (QED) is 0.672. The van der Waals surface area contributed by atoms with Crippen LogP contribution in [0.2, 0.25) is 0 Å². The van der Waals surface area contributed by atoms with E-state index in [0.717, 1.165) is 0 Å². The zero-order valence-electron chi connectivity index (χ0n) is 12.1. The molecule has 0 spiro atoms. The molecule has 0 aliphatic heterocycles. The lowest BCUT2D eigenvalue weighted by molar-refractivity contribution is 0.0696. The van der Waals surface area contributed by atoms with Crippen molar-refractivity contribution >= 4 is 11.8 Å². The molecule has 0 aliphatic rings. The second-order valence-corrected chi connectivity index (χ2v) is 4.93. The Kier molecular flexibility index (Phi) is 6.41. The largest absolute Gasteiger partial charge is 0.478 e. The number of hydrogen-bond acceptors (Lipinski definition) is 5. The summed E-state index contributed by atoms with van der Waals surface area (Å²) in [5, 5.41) is 21.3. The van der Waals surface area contributed by atoms with Gasteiger partial charge in [-0.15, -0.1) is 0 Å². The van der Waals surface area contributed by atoms with Crippen LogP contribution >= 0.6 is 0 Å². The van der Waals surface area contributed by atoms with E-state index in [4.69, 9.17) is 14.9 Å². The highest BCUT2D eigenvalue weighted by atomic mass is 16.5. The summed E-state index contributed by atoms with van der Waals surface area (Å²) >= 11 is 0. The Hall–Kier alpha value is -1.66. The van der Waals surface area contributed by atoms with E-state index in [2.05, 4.69) is 10.3 Å². The van der Waals surface area contributed by atoms with Gasteiger partial charge in [-0.3, -0.25) is 0 Å². The molecule has 3 N–H and O–H groups in total. The van der Waals surface area contributed by atoms with Gasteiger partial charge >= 0.3 is 5.97 Å². The highest BCUT2D eigenvalue weighted by Crippen LogP contribution is 2.18. The van der Waals surface area contributed by atoms with Crippen LogP contribution in [0.1, 0.15) is 42.2 Å². The third-order valence-corrected chi connectivity index (χ3v) is 2.88. The number of methoxy groups -OCH3 is 1. The van der Waals surface area contributed by atoms with Crippen LogP contribution in [0.4, 0.5) is 5.82 Å². The smallest absolute Gasteiger partial charge is 0.335 e. The van der Waals surface area contributed by atoms with E-state index in [9.17, 15) is 4.79 Å². The summed E-state index contributed by atoms with van der Waals surface area (Å²) in [6.45, 7) is 4.35. The molecular weight excluding hydrogens is 260 g/mol. The van der Waals surface area contributed by atoms with E-state index in [-0.39, 0.29) is 24.1 Å². The number of hydrogen-bond donors (Lipinski definition) is 3. The zero-order valence-corrected chi connectivity index (χ0v) is 12.1. The van der Waals surface area contributed by atoms with Crippen molar-refractivity contribution in [2.45, 2.75) is 32.2 Å². The molecule has 20 heavy (non-hydrogen) atoms. The topological polar surface area (TPSA) is 91.7 Å². The number of rotatable bonds is 8. The van der Waals surface area contributed by atoms with Gasteiger partial charge in [0.25, 0.3) is 0 Å². The predicted molar refractivity (Wildman–Crippen MR) is 76.3 cm³/mol. The molecule has 0 aliphatic carbocycles. The van der Waals surface area contributed by atoms with E-state index in [1.807, 2.05) is 13.8 Å². The van der Waals surface area contributed by atoms with Crippen molar-refractivity contribution in [3.8, 4) is 0 Å². The average Bonchev–Trinajstić information content (AvgIpc) is 2.38. The predicted octanol–water partition coefficient (Wildman–Crippen LogP) is 1.71. The van der Waals surface area contributed by atoms with Crippen molar-refractivity contribution in [3.05, 3.63) is 23.4 Å². The van der Waals surface area contributed by atoms with Gasteiger partial charge < -0.3 is 20.3 Å². The minimum absolute atomic E-state index is 0.0245. The standard InChI is InChI=1S/C14H22N2O4/c1-9(2)12-6-10(14(18)19)7-13(16-12)15-11(4-5-17)8-20-3/h6-7,9,11,17H,4-5,8H2,1-3H3,(H,15,16)(H,18,19). The molecule has 6 heteroatoms. The van der Waals surface area contributed by atoms with Crippen LogP contribution < -0.4 is 5.32 Å². The first-order valence-corrected chi connectivity index (χ1v) is 6.59. The number of carboxylic acid groups (broad SMARTS) is 1. The van der Waals surface area contributed by atoms with Crippen molar-refractivity contribution in [1.82, 2.24) is 4.98 Å². The van der Waals surface area contributed by atoms with E-state index in [0.29, 0.717) is 24.5 Å². The Morgan fingerprint density at radius 1 is 1.45 bits per heavy atom. The number of carbonyl (C=O) groups is 1. The highest BCUT2D eigenvalue weighted by molar-refractivity contribution is 5.88. The first-order valence-electron chi connectivity index (χ1n) is 6.59. The third kappa shape index (κ3) is 4.79. The van der Waals surface area contributed by atoms with Gasteiger partial charge in [0.05, 0.1) is 18.2 Å². The number of nitrogens with one attached hydrogen (secondary N) is 1. The zero-order chi connectivity index (χ0) is 15.1. The highest BCUT2D eigenvalue weighted by Gasteiger charge is 2.14. The van der Waals surface area contributed by atoms with Crippen LogP contribution in [-0.4, -0.2) is 47.5 Å². The summed E-state index contributed by atoms with van der Waals surface area (Å²) in [5.74, 6) is -0.361. The summed E-state index contributed by atoms with van der Waals surface area (Å²) in [4.78, 5) is 15.6. The summed E-state index contributed by atoms with van der Waals surface area (Å²) in [5.41, 5.74) is 0.916. The van der Waals surface area contributed by atoms with E-state index >= 15 is 0 Å². The van der Waals surface area contributed by atoms with Crippen molar-refractivity contribution in [3.63, 3.8) is 0 Å². The fraction of sp³-hybridized carbons (Fsp3) is 0.571. The molecule has 1 heterocycles. The van der Waals surface area contributed by atoms with Crippen LogP contribution in [0.5, 0.6) is 0 Å². The molecule has 1 aromatic heterocycles. The van der Waals surface area contributed by atoms with Gasteiger partial charge in [-0.2, -0.15) is 0 Å². The molecule has 1 atom stereocenters. The lowest BCUT2D eigenvalue weighted by Crippen LogP contribution is -2.27. The molecule has 1 rings (SSSR count). The molecule has 0 fully saturated rings. The Morgan fingerprint density at radius 3 is 2.65 bits per heavy atom. The lowest BCUT2D eigenvalue weighted by Gasteiger charge is -2.19. The minimum Gasteiger partial charge on any atom is -0.478 e. The molecule has 6 nitrogen and oxygen atoms in total. The monoisotopic (exact) mass is 282 g/mol. The van der Waals surface area contributed by atoms with Gasteiger partial charge in [0.1, 0.15) is 5.82 Å². The normalized spacial score (nSPS) is 12.4. The Bertz CT molecular complexity index is 443. The molecule has 0 aromatic carbocycles. The molecule has 0 saturated carbocycles. The lowest BCUT2D eigenvalue weighted by atomic mass is 10.1. The Morgan fingerprint density at radius 2 is 2.15 bits per heavy atom. The third-order valence-electron chi connectivity index (χ3n) is 2.88. The average molecular weight is 282 g/mol. The van der Waals surface area contributed by atoms with Crippen molar-refractivity contribution in [2.24, 2.45) is 0 Å². The number of anilines is 1. The van der Waals surface area contributed by atoms with E-state index in [1.165, 1.54) is 6.07 Å². The summed E-state index contributed by atoms with van der Waals surface area (Å²) in [6, 6.07) is 2.96. The maximum absolute atomic E-state index is 11.1. The molecule has 1 unspecified atom stereocenters. The minimum atomic E-state index is -0.984. The van der Waals surface area contributed by atoms with Crippen LogP contribution in [0.15, 0.2) is 12.1 Å². The maximum Gasteiger partial charge on any atom is 0.335 e. The number of aliphatic hydroxyl groups is 1. The molecule has 0 radical (unpaired) electrons. The van der Waals surface area contributed by atoms with Gasteiger partial charge in [0.2, 0.25) is 0 Å². The number of ether oxygens (including phenoxy) is 1. The molecule has 0 bridgehead atoms. The van der Waals surface area contributed by atoms with Crippen LogP contribution in [0.25, 0.3) is 0 Å². The first-order chi connectivity index (χ1) is 9.47. The number of aliphatic hydroxyl groups excluding tert-OH is 1. The SMILES string of the molecule is COCC(CCO)Nc1cc(C(=O)O)cc(C(C)C)n1. The Balaban J connectivity index is 3.00. The van der Waals surface area contributed by atoms with Gasteiger partial charge in [0, 0.05) is 19.4 Å². The molecular formula is C14H22N2O4. The van der Waals surface area contributed by atoms with Gasteiger partial charge in [-0.25, -0.2) is 9.78 Å². The van der Waals surface area contributed by atoms with Gasteiger partial charge in [-0.1, -0.05) is 13.8 Å². The first kappa shape index (κ1) is 16.4. The van der Waals surface area contributed by atoms with Gasteiger partial charge in [0.15, 0.2) is 0 Å². The molecule has 1 aromatic rings. The Labute approximate surface area is 118 Å². The van der Waals surface area contributed by atoms with Crippen molar-refractivity contribution < 1.29 is 19.7 Å². The van der Waals surface area contributed by atoms with E-state index in [1.54, 1.807) is 13.2 Å². The molecule has 112 valence electrons. The number of pyridine rings is 1. The number of aromatic carboxylic acids is 1. The number of aromatic nitrogens is 1. The second kappa shape index (κ2) is 7.81. The maximum atomic E-state index is 11.1. The number of nitrogens with zero attached hydrogens (tertiary/aromatic N) is 1. The van der Waals surface area contributed by atoms with Crippen LogP contribution in [0.3, 0.4) is 0 Å². The summed E-state index contributed by atoms with van der Waals surface area (Å²) in [7, 11) is 1.58. The van der Waals surface area contributed by atoms with Crippen LogP contribution in [-0.2, 0) is 4.74 Å². The summed E-state index contributed by atoms with van der Waals surface area (Å²) < 4.78 is 5.07. The fourth-order valence-electron chi connectivity index (χ4n) is 1.81. The van der Waals surface area contributed by atoms with E-state index < -0.39 is 5.97 Å². The molecule has 0 amide bonds. The number of carboxylic acids is 1. The summed E-state index contributed by atoms with van der Waals surface area (Å²) in [6.07, 6.45) is 0.504. The fourth-order valence-corrected chi connectivity index (χ4v) is 1.81. The van der Waals surface area contributed by atoms with Crippen LogP contribution in [0, 0.1) is 0 Å². The van der Waals surface area contributed by atoms with Crippen molar-refractivity contribution in [2.75, 3.05) is 25.6 Å².